The lowest BCUT2D eigenvalue weighted by atomic mass is 10.1. The predicted octanol–water partition coefficient (Wildman–Crippen LogP) is 3.35. The molecule has 4 heteroatoms. The lowest BCUT2D eigenvalue weighted by Gasteiger charge is -2.02. The van der Waals surface area contributed by atoms with Gasteiger partial charge in [0, 0.05) is 0 Å². The molecule has 1 aromatic heterocycles. The van der Waals surface area contributed by atoms with Crippen molar-refractivity contribution in [3.8, 4) is 11.3 Å². The standard InChI is InChI=1S/C12H8F2O2/c1-7-4-11(14)9(5-10(7)13)12-3-2-8(6-15)16-12/h2-6H,1H3. The zero-order valence-corrected chi connectivity index (χ0v) is 8.46. The van der Waals surface area contributed by atoms with E-state index in [2.05, 4.69) is 0 Å². The van der Waals surface area contributed by atoms with Crippen LogP contribution in [0.25, 0.3) is 11.3 Å². The Kier molecular flexibility index (Phi) is 2.56. The highest BCUT2D eigenvalue weighted by molar-refractivity contribution is 5.72. The van der Waals surface area contributed by atoms with E-state index in [9.17, 15) is 13.6 Å². The van der Waals surface area contributed by atoms with Gasteiger partial charge in [0.05, 0.1) is 5.56 Å². The van der Waals surface area contributed by atoms with Crippen molar-refractivity contribution in [2.75, 3.05) is 0 Å². The van der Waals surface area contributed by atoms with E-state index in [1.807, 2.05) is 0 Å². The van der Waals surface area contributed by atoms with Crippen LogP contribution in [0.3, 0.4) is 0 Å². The van der Waals surface area contributed by atoms with Crippen molar-refractivity contribution in [3.63, 3.8) is 0 Å². The Bertz CT molecular complexity index is 544. The Morgan fingerprint density at radius 1 is 1.19 bits per heavy atom. The van der Waals surface area contributed by atoms with E-state index in [-0.39, 0.29) is 22.6 Å². The molecule has 0 fully saturated rings. The molecule has 0 radical (unpaired) electrons. The Labute approximate surface area is 90.5 Å². The molecule has 0 aliphatic rings. The van der Waals surface area contributed by atoms with E-state index in [4.69, 9.17) is 4.42 Å². The van der Waals surface area contributed by atoms with E-state index in [0.29, 0.717) is 6.29 Å². The third-order valence-electron chi connectivity index (χ3n) is 2.26. The van der Waals surface area contributed by atoms with Crippen LogP contribution in [0.2, 0.25) is 0 Å². The maximum atomic E-state index is 13.5. The molecule has 2 aromatic rings. The van der Waals surface area contributed by atoms with Crippen LogP contribution < -0.4 is 0 Å². The summed E-state index contributed by atoms with van der Waals surface area (Å²) in [6.45, 7) is 1.47. The number of hydrogen-bond donors (Lipinski definition) is 0. The molecule has 0 atom stereocenters. The van der Waals surface area contributed by atoms with Crippen molar-refractivity contribution < 1.29 is 18.0 Å². The van der Waals surface area contributed by atoms with Gasteiger partial charge in [-0.15, -0.1) is 0 Å². The quantitative estimate of drug-likeness (QED) is 0.729. The van der Waals surface area contributed by atoms with Crippen LogP contribution >= 0.6 is 0 Å². The van der Waals surface area contributed by atoms with Crippen molar-refractivity contribution in [2.45, 2.75) is 6.92 Å². The average Bonchev–Trinajstić information content (AvgIpc) is 2.71. The highest BCUT2D eigenvalue weighted by Gasteiger charge is 2.12. The zero-order valence-electron chi connectivity index (χ0n) is 8.46. The number of carbonyl (C=O) groups excluding carboxylic acids is 1. The second-order valence-electron chi connectivity index (χ2n) is 3.40. The summed E-state index contributed by atoms with van der Waals surface area (Å²) in [7, 11) is 0. The Hall–Kier alpha value is -1.97. The first-order valence-electron chi connectivity index (χ1n) is 4.63. The topological polar surface area (TPSA) is 30.2 Å². The molecule has 16 heavy (non-hydrogen) atoms. The van der Waals surface area contributed by atoms with E-state index in [1.165, 1.54) is 19.1 Å². The van der Waals surface area contributed by atoms with E-state index in [1.54, 1.807) is 0 Å². The zero-order chi connectivity index (χ0) is 11.7. The van der Waals surface area contributed by atoms with Crippen LogP contribution in [-0.2, 0) is 0 Å². The number of hydrogen-bond acceptors (Lipinski definition) is 2. The molecule has 0 aliphatic heterocycles. The number of furan rings is 1. The molecule has 0 bridgehead atoms. The highest BCUT2D eigenvalue weighted by Crippen LogP contribution is 2.26. The molecule has 2 nitrogen and oxygen atoms in total. The summed E-state index contributed by atoms with van der Waals surface area (Å²) in [5, 5.41) is 0. The van der Waals surface area contributed by atoms with E-state index >= 15 is 0 Å². The van der Waals surface area contributed by atoms with E-state index < -0.39 is 11.6 Å². The van der Waals surface area contributed by atoms with Gasteiger partial charge in [-0.3, -0.25) is 4.79 Å². The first-order chi connectivity index (χ1) is 7.61. The van der Waals surface area contributed by atoms with Gasteiger partial charge < -0.3 is 4.42 Å². The van der Waals surface area contributed by atoms with Crippen LogP contribution in [0, 0.1) is 18.6 Å². The normalized spacial score (nSPS) is 10.4. The number of halogens is 2. The molecule has 1 aromatic carbocycles. The molecule has 2 rings (SSSR count). The fourth-order valence-electron chi connectivity index (χ4n) is 1.40. The van der Waals surface area contributed by atoms with Crippen LogP contribution in [0.1, 0.15) is 16.1 Å². The minimum Gasteiger partial charge on any atom is -0.453 e. The van der Waals surface area contributed by atoms with Gasteiger partial charge in [0.1, 0.15) is 17.4 Å². The predicted molar refractivity (Wildman–Crippen MR) is 54.2 cm³/mol. The van der Waals surface area contributed by atoms with Crippen molar-refractivity contribution in [2.24, 2.45) is 0 Å². The lowest BCUT2D eigenvalue weighted by Crippen LogP contribution is -1.89. The summed E-state index contributed by atoms with van der Waals surface area (Å²) < 4.78 is 31.8. The van der Waals surface area contributed by atoms with Crippen molar-refractivity contribution >= 4 is 6.29 Å². The molecule has 0 aliphatic carbocycles. The Morgan fingerprint density at radius 3 is 2.56 bits per heavy atom. The molecule has 82 valence electrons. The first-order valence-corrected chi connectivity index (χ1v) is 4.63. The second-order valence-corrected chi connectivity index (χ2v) is 3.40. The van der Waals surface area contributed by atoms with Gasteiger partial charge in [0.15, 0.2) is 12.0 Å². The molecule has 0 saturated carbocycles. The van der Waals surface area contributed by atoms with Gasteiger partial charge in [-0.1, -0.05) is 0 Å². The summed E-state index contributed by atoms with van der Waals surface area (Å²) in [6, 6.07) is 4.97. The van der Waals surface area contributed by atoms with Crippen molar-refractivity contribution in [3.05, 3.63) is 47.2 Å². The fourth-order valence-corrected chi connectivity index (χ4v) is 1.40. The molecular weight excluding hydrogens is 214 g/mol. The summed E-state index contributed by atoms with van der Waals surface area (Å²) in [4.78, 5) is 10.4. The Morgan fingerprint density at radius 2 is 1.94 bits per heavy atom. The van der Waals surface area contributed by atoms with Gasteiger partial charge in [-0.2, -0.15) is 0 Å². The minimum atomic E-state index is -0.578. The maximum Gasteiger partial charge on any atom is 0.185 e. The summed E-state index contributed by atoms with van der Waals surface area (Å²) in [5.41, 5.74) is 0.236. The average molecular weight is 222 g/mol. The van der Waals surface area contributed by atoms with Crippen LogP contribution in [0.4, 0.5) is 8.78 Å². The van der Waals surface area contributed by atoms with Gasteiger partial charge in [0.2, 0.25) is 0 Å². The molecule has 0 amide bonds. The summed E-state index contributed by atoms with van der Waals surface area (Å²) in [5.74, 6) is -0.875. The number of rotatable bonds is 2. The molecular formula is C12H8F2O2. The monoisotopic (exact) mass is 222 g/mol. The first kappa shape index (κ1) is 10.5. The SMILES string of the molecule is Cc1cc(F)c(-c2ccc(C=O)o2)cc1F. The van der Waals surface area contributed by atoms with Gasteiger partial charge in [0.25, 0.3) is 0 Å². The van der Waals surface area contributed by atoms with Crippen molar-refractivity contribution in [1.29, 1.82) is 0 Å². The third-order valence-corrected chi connectivity index (χ3v) is 2.26. The summed E-state index contributed by atoms with van der Waals surface area (Å²) >= 11 is 0. The number of aryl methyl sites for hydroxylation is 1. The molecule has 0 spiro atoms. The minimum absolute atomic E-state index is 0.0104. The lowest BCUT2D eigenvalue weighted by molar-refractivity contribution is 0.110. The van der Waals surface area contributed by atoms with Crippen LogP contribution in [0.15, 0.2) is 28.7 Å². The maximum absolute atomic E-state index is 13.5. The largest absolute Gasteiger partial charge is 0.453 e. The van der Waals surface area contributed by atoms with Gasteiger partial charge in [-0.25, -0.2) is 8.78 Å². The number of carbonyl (C=O) groups is 1. The van der Waals surface area contributed by atoms with E-state index in [0.717, 1.165) is 12.1 Å². The molecule has 0 saturated heterocycles. The molecule has 0 unspecified atom stereocenters. The van der Waals surface area contributed by atoms with Gasteiger partial charge in [-0.05, 0) is 36.8 Å². The second kappa shape index (κ2) is 3.89. The Balaban J connectivity index is 2.55. The third kappa shape index (κ3) is 1.74. The summed E-state index contributed by atoms with van der Waals surface area (Å²) in [6.07, 6.45) is 0.506. The van der Waals surface area contributed by atoms with Crippen LogP contribution in [0.5, 0.6) is 0 Å². The van der Waals surface area contributed by atoms with Crippen molar-refractivity contribution in [1.82, 2.24) is 0 Å². The van der Waals surface area contributed by atoms with Crippen LogP contribution in [-0.4, -0.2) is 6.29 Å². The smallest absolute Gasteiger partial charge is 0.185 e. The number of benzene rings is 1. The van der Waals surface area contributed by atoms with Gasteiger partial charge >= 0.3 is 0 Å². The molecule has 0 N–H and O–H groups in total. The fraction of sp³-hybridized carbons (Fsp3) is 0.0833. The number of aldehydes is 1. The highest BCUT2D eigenvalue weighted by atomic mass is 19.1. The molecule has 1 heterocycles.